The van der Waals surface area contributed by atoms with Gasteiger partial charge < -0.3 is 15.9 Å². The van der Waals surface area contributed by atoms with Crippen molar-refractivity contribution in [3.8, 4) is 0 Å². The summed E-state index contributed by atoms with van der Waals surface area (Å²) < 4.78 is 5.33. The SMILES string of the molecule is CCc1cc2c(NN3CCOCC3)nc(N)nc2s1. The summed E-state index contributed by atoms with van der Waals surface area (Å²) >= 11 is 1.67. The van der Waals surface area contributed by atoms with Crippen molar-refractivity contribution in [1.82, 2.24) is 15.0 Å². The first-order valence-corrected chi connectivity index (χ1v) is 7.23. The molecule has 3 heterocycles. The van der Waals surface area contributed by atoms with Crippen LogP contribution in [0.3, 0.4) is 0 Å². The zero-order valence-electron chi connectivity index (χ0n) is 10.8. The van der Waals surface area contributed by atoms with Gasteiger partial charge in [-0.1, -0.05) is 6.92 Å². The van der Waals surface area contributed by atoms with E-state index in [1.165, 1.54) is 4.88 Å². The number of morpholine rings is 1. The Hall–Kier alpha value is -1.44. The molecule has 6 nitrogen and oxygen atoms in total. The van der Waals surface area contributed by atoms with E-state index < -0.39 is 0 Å². The third kappa shape index (κ3) is 2.63. The summed E-state index contributed by atoms with van der Waals surface area (Å²) in [6, 6.07) is 2.14. The van der Waals surface area contributed by atoms with E-state index >= 15 is 0 Å². The van der Waals surface area contributed by atoms with Crippen molar-refractivity contribution >= 4 is 33.3 Å². The van der Waals surface area contributed by atoms with Gasteiger partial charge >= 0.3 is 0 Å². The van der Waals surface area contributed by atoms with Crippen LogP contribution >= 0.6 is 11.3 Å². The number of hydrogen-bond donors (Lipinski definition) is 2. The number of anilines is 2. The van der Waals surface area contributed by atoms with Gasteiger partial charge in [0.2, 0.25) is 5.95 Å². The fraction of sp³-hybridized carbons (Fsp3) is 0.500. The standard InChI is InChI=1S/C12H17N5OS/c1-2-8-7-9-10(14-12(13)15-11(9)19-8)16-17-3-5-18-6-4-17/h7H,2-6H2,1H3,(H3,13,14,15,16). The average molecular weight is 279 g/mol. The Morgan fingerprint density at radius 1 is 1.42 bits per heavy atom. The van der Waals surface area contributed by atoms with Crippen LogP contribution < -0.4 is 11.2 Å². The minimum Gasteiger partial charge on any atom is -0.379 e. The quantitative estimate of drug-likeness (QED) is 0.886. The number of hydrazine groups is 1. The summed E-state index contributed by atoms with van der Waals surface area (Å²) in [6.45, 7) is 5.30. The number of nitrogens with two attached hydrogens (primary N) is 1. The van der Waals surface area contributed by atoms with Crippen LogP contribution in [0.15, 0.2) is 6.07 Å². The van der Waals surface area contributed by atoms with Gasteiger partial charge in [0.25, 0.3) is 0 Å². The second-order valence-corrected chi connectivity index (χ2v) is 5.54. The number of thiophene rings is 1. The lowest BCUT2D eigenvalue weighted by Crippen LogP contribution is -2.40. The Morgan fingerprint density at radius 3 is 2.95 bits per heavy atom. The third-order valence-corrected chi connectivity index (χ3v) is 4.26. The molecule has 19 heavy (non-hydrogen) atoms. The smallest absolute Gasteiger partial charge is 0.223 e. The number of aromatic nitrogens is 2. The summed E-state index contributed by atoms with van der Waals surface area (Å²) in [4.78, 5) is 10.9. The van der Waals surface area contributed by atoms with E-state index in [0.717, 1.165) is 48.8 Å². The van der Waals surface area contributed by atoms with Crippen molar-refractivity contribution in [2.45, 2.75) is 13.3 Å². The molecule has 1 aliphatic rings. The monoisotopic (exact) mass is 279 g/mol. The Labute approximate surface area is 115 Å². The van der Waals surface area contributed by atoms with Gasteiger partial charge in [0.05, 0.1) is 18.6 Å². The minimum atomic E-state index is 0.313. The van der Waals surface area contributed by atoms with Crippen LogP contribution in [0.1, 0.15) is 11.8 Å². The summed E-state index contributed by atoms with van der Waals surface area (Å²) in [6.07, 6.45) is 0.998. The van der Waals surface area contributed by atoms with Gasteiger partial charge in [0.15, 0.2) is 5.82 Å². The second-order valence-electron chi connectivity index (χ2n) is 4.43. The Bertz CT molecular complexity index is 579. The van der Waals surface area contributed by atoms with E-state index in [-0.39, 0.29) is 0 Å². The minimum absolute atomic E-state index is 0.313. The number of ether oxygens (including phenoxy) is 1. The lowest BCUT2D eigenvalue weighted by atomic mass is 10.3. The zero-order chi connectivity index (χ0) is 13.2. The summed E-state index contributed by atoms with van der Waals surface area (Å²) in [5, 5.41) is 3.15. The molecule has 1 aliphatic heterocycles. The van der Waals surface area contributed by atoms with Crippen LogP contribution in [0, 0.1) is 0 Å². The third-order valence-electron chi connectivity index (χ3n) is 3.08. The maximum atomic E-state index is 5.78. The van der Waals surface area contributed by atoms with Crippen molar-refractivity contribution in [1.29, 1.82) is 0 Å². The van der Waals surface area contributed by atoms with Crippen LogP contribution in [-0.4, -0.2) is 41.3 Å². The molecule has 0 spiro atoms. The van der Waals surface area contributed by atoms with E-state index in [0.29, 0.717) is 5.95 Å². The van der Waals surface area contributed by atoms with Crippen LogP contribution in [-0.2, 0) is 11.2 Å². The van der Waals surface area contributed by atoms with Crippen molar-refractivity contribution in [2.75, 3.05) is 37.5 Å². The molecule has 0 unspecified atom stereocenters. The first-order chi connectivity index (χ1) is 9.26. The summed E-state index contributed by atoms with van der Waals surface area (Å²) in [7, 11) is 0. The molecule has 3 N–H and O–H groups in total. The maximum absolute atomic E-state index is 5.78. The normalized spacial score (nSPS) is 16.9. The van der Waals surface area contributed by atoms with Gasteiger partial charge in [-0.05, 0) is 12.5 Å². The molecule has 0 aliphatic carbocycles. The molecule has 0 bridgehead atoms. The molecule has 2 aromatic rings. The van der Waals surface area contributed by atoms with Gasteiger partial charge in [-0.15, -0.1) is 11.3 Å². The van der Waals surface area contributed by atoms with Crippen molar-refractivity contribution in [3.05, 3.63) is 10.9 Å². The number of nitrogens with one attached hydrogen (secondary N) is 1. The molecule has 0 saturated carbocycles. The van der Waals surface area contributed by atoms with Crippen molar-refractivity contribution in [2.24, 2.45) is 0 Å². The molecular weight excluding hydrogens is 262 g/mol. The molecule has 0 aromatic carbocycles. The van der Waals surface area contributed by atoms with Crippen molar-refractivity contribution in [3.63, 3.8) is 0 Å². The lowest BCUT2D eigenvalue weighted by molar-refractivity contribution is 0.0495. The van der Waals surface area contributed by atoms with Gasteiger partial charge in [-0.2, -0.15) is 4.98 Å². The molecule has 1 fully saturated rings. The highest BCUT2D eigenvalue weighted by Gasteiger charge is 2.15. The fourth-order valence-corrected chi connectivity index (χ4v) is 3.05. The number of nitrogens with zero attached hydrogens (tertiary/aromatic N) is 3. The van der Waals surface area contributed by atoms with E-state index in [9.17, 15) is 0 Å². The number of fused-ring (bicyclic) bond motifs is 1. The molecule has 2 aromatic heterocycles. The Morgan fingerprint density at radius 2 is 2.21 bits per heavy atom. The topological polar surface area (TPSA) is 76.3 Å². The van der Waals surface area contributed by atoms with Crippen LogP contribution in [0.5, 0.6) is 0 Å². The number of rotatable bonds is 3. The van der Waals surface area contributed by atoms with E-state index in [2.05, 4.69) is 33.4 Å². The average Bonchev–Trinajstić information content (AvgIpc) is 2.83. The largest absolute Gasteiger partial charge is 0.379 e. The summed E-state index contributed by atoms with van der Waals surface area (Å²) in [5.41, 5.74) is 9.11. The van der Waals surface area contributed by atoms with Crippen LogP contribution in [0.4, 0.5) is 11.8 Å². The fourth-order valence-electron chi connectivity index (χ4n) is 2.07. The zero-order valence-corrected chi connectivity index (χ0v) is 11.7. The van der Waals surface area contributed by atoms with E-state index in [1.807, 2.05) is 0 Å². The van der Waals surface area contributed by atoms with E-state index in [1.54, 1.807) is 11.3 Å². The summed E-state index contributed by atoms with van der Waals surface area (Å²) in [5.74, 6) is 1.10. The molecule has 0 amide bonds. The molecule has 0 radical (unpaired) electrons. The lowest BCUT2D eigenvalue weighted by Gasteiger charge is -2.27. The van der Waals surface area contributed by atoms with Gasteiger partial charge in [0.1, 0.15) is 4.83 Å². The molecule has 102 valence electrons. The number of hydrogen-bond acceptors (Lipinski definition) is 7. The highest BCUT2D eigenvalue weighted by atomic mass is 32.1. The first kappa shape index (κ1) is 12.6. The second kappa shape index (κ2) is 5.28. The highest BCUT2D eigenvalue weighted by molar-refractivity contribution is 7.18. The van der Waals surface area contributed by atoms with Gasteiger partial charge in [-0.25, -0.2) is 9.99 Å². The highest BCUT2D eigenvalue weighted by Crippen LogP contribution is 2.30. The van der Waals surface area contributed by atoms with Gasteiger partial charge in [-0.3, -0.25) is 0 Å². The number of nitrogen functional groups attached to an aromatic ring is 1. The molecule has 7 heteroatoms. The predicted octanol–water partition coefficient (Wildman–Crippen LogP) is 1.49. The molecule has 1 saturated heterocycles. The molecule has 0 atom stereocenters. The Kier molecular flexibility index (Phi) is 3.50. The number of aryl methyl sites for hydroxylation is 1. The molecular formula is C12H17N5OS. The predicted molar refractivity (Wildman–Crippen MR) is 77.2 cm³/mol. The van der Waals surface area contributed by atoms with Crippen LogP contribution in [0.25, 0.3) is 10.2 Å². The molecule has 3 rings (SSSR count). The van der Waals surface area contributed by atoms with Gasteiger partial charge in [0, 0.05) is 18.0 Å². The Balaban J connectivity index is 1.94. The van der Waals surface area contributed by atoms with E-state index in [4.69, 9.17) is 10.5 Å². The van der Waals surface area contributed by atoms with Crippen molar-refractivity contribution < 1.29 is 4.74 Å². The first-order valence-electron chi connectivity index (χ1n) is 6.41. The maximum Gasteiger partial charge on any atom is 0.223 e. The van der Waals surface area contributed by atoms with Crippen LogP contribution in [0.2, 0.25) is 0 Å².